The third-order valence-corrected chi connectivity index (χ3v) is 5.02. The van der Waals surface area contributed by atoms with Crippen LogP contribution in [-0.4, -0.2) is 10.5 Å². The molecule has 1 amide bonds. The number of hydrogen-bond acceptors (Lipinski definition) is 2. The van der Waals surface area contributed by atoms with Crippen LogP contribution in [0.2, 0.25) is 0 Å². The van der Waals surface area contributed by atoms with Crippen LogP contribution in [0.3, 0.4) is 0 Å². The monoisotopic (exact) mass is 416 g/mol. The molecule has 0 fully saturated rings. The molecule has 158 valence electrons. The van der Waals surface area contributed by atoms with E-state index in [1.54, 1.807) is 31.2 Å². The Morgan fingerprint density at radius 3 is 2.13 bits per heavy atom. The molecule has 0 spiro atoms. The van der Waals surface area contributed by atoms with Gasteiger partial charge in [-0.25, -0.2) is 4.39 Å². The number of aryl methyl sites for hydroxylation is 1. The topological polar surface area (TPSA) is 65.1 Å². The van der Waals surface area contributed by atoms with Crippen LogP contribution < -0.4 is 11.3 Å². The zero-order valence-corrected chi connectivity index (χ0v) is 17.6. The molecule has 0 saturated carbocycles. The van der Waals surface area contributed by atoms with E-state index in [-0.39, 0.29) is 16.5 Å². The minimum absolute atomic E-state index is 0.128. The largest absolute Gasteiger partial charge is 0.366 e. The SMILES string of the molecule is CCCc1ccccc1.Cc1c(C(N)=O)c2ccc(F)cc2c(=O)n1-c1ccccc1. The van der Waals surface area contributed by atoms with E-state index in [1.807, 2.05) is 6.07 Å². The summed E-state index contributed by atoms with van der Waals surface area (Å²) >= 11 is 0. The molecule has 1 heterocycles. The highest BCUT2D eigenvalue weighted by atomic mass is 19.1. The lowest BCUT2D eigenvalue weighted by Crippen LogP contribution is -2.26. The van der Waals surface area contributed by atoms with Crippen molar-refractivity contribution >= 4 is 16.7 Å². The Bertz CT molecular complexity index is 1250. The lowest BCUT2D eigenvalue weighted by molar-refractivity contribution is 0.100. The van der Waals surface area contributed by atoms with Crippen LogP contribution in [0.1, 0.15) is 35.0 Å². The summed E-state index contributed by atoms with van der Waals surface area (Å²) in [5.74, 6) is -1.19. The first kappa shape index (κ1) is 22.0. The average Bonchev–Trinajstić information content (AvgIpc) is 2.76. The maximum Gasteiger partial charge on any atom is 0.263 e. The quantitative estimate of drug-likeness (QED) is 0.498. The van der Waals surface area contributed by atoms with Gasteiger partial charge in [0.2, 0.25) is 0 Å². The second-order valence-electron chi connectivity index (χ2n) is 7.23. The average molecular weight is 416 g/mol. The summed E-state index contributed by atoms with van der Waals surface area (Å²) in [6, 6.07) is 23.2. The molecule has 4 aromatic rings. The van der Waals surface area contributed by atoms with Crippen molar-refractivity contribution in [3.63, 3.8) is 0 Å². The lowest BCUT2D eigenvalue weighted by Gasteiger charge is -2.15. The number of para-hydroxylation sites is 1. The summed E-state index contributed by atoms with van der Waals surface area (Å²) < 4.78 is 14.9. The number of nitrogens with two attached hydrogens (primary N) is 1. The number of hydrogen-bond donors (Lipinski definition) is 1. The molecule has 3 aromatic carbocycles. The molecule has 0 saturated heterocycles. The number of rotatable bonds is 4. The maximum atomic E-state index is 13.5. The standard InChI is InChI=1S/C17H13FN2O2.C9H12/c1-10-15(16(19)21)13-8-7-11(18)9-14(13)17(22)20(10)12-5-3-2-4-6-12;1-2-6-9-7-4-3-5-8-9/h2-9H,1H3,(H2,19,21);3-5,7-8H,2,6H2,1H3. The molecule has 0 atom stereocenters. The Balaban J connectivity index is 0.000000254. The van der Waals surface area contributed by atoms with Gasteiger partial charge in [-0.2, -0.15) is 0 Å². The first-order valence-electron chi connectivity index (χ1n) is 10.2. The van der Waals surface area contributed by atoms with E-state index < -0.39 is 11.7 Å². The van der Waals surface area contributed by atoms with Crippen molar-refractivity contribution in [1.29, 1.82) is 0 Å². The predicted octanol–water partition coefficient (Wildman–Crippen LogP) is 5.18. The Kier molecular flexibility index (Phi) is 6.98. The van der Waals surface area contributed by atoms with Crippen LogP contribution in [0.15, 0.2) is 83.7 Å². The number of carbonyl (C=O) groups is 1. The van der Waals surface area contributed by atoms with E-state index in [1.165, 1.54) is 35.1 Å². The fourth-order valence-electron chi connectivity index (χ4n) is 3.62. The number of aromatic nitrogens is 1. The summed E-state index contributed by atoms with van der Waals surface area (Å²) in [5, 5.41) is 0.492. The molecule has 1 aromatic heterocycles. The zero-order valence-electron chi connectivity index (χ0n) is 17.6. The first-order chi connectivity index (χ1) is 14.9. The van der Waals surface area contributed by atoms with Gasteiger partial charge in [0.05, 0.1) is 10.9 Å². The van der Waals surface area contributed by atoms with Crippen molar-refractivity contribution in [2.75, 3.05) is 0 Å². The molecule has 0 aliphatic carbocycles. The lowest BCUT2D eigenvalue weighted by atomic mass is 10.0. The summed E-state index contributed by atoms with van der Waals surface area (Å²) in [4.78, 5) is 24.5. The summed E-state index contributed by atoms with van der Waals surface area (Å²) in [6.45, 7) is 3.85. The Morgan fingerprint density at radius 1 is 0.935 bits per heavy atom. The van der Waals surface area contributed by atoms with Crippen molar-refractivity contribution in [3.05, 3.63) is 112 Å². The summed E-state index contributed by atoms with van der Waals surface area (Å²) in [5.41, 5.74) is 7.78. The number of fused-ring (bicyclic) bond motifs is 1. The second kappa shape index (κ2) is 9.85. The van der Waals surface area contributed by atoms with E-state index in [0.717, 1.165) is 6.07 Å². The van der Waals surface area contributed by atoms with Gasteiger partial charge in [0, 0.05) is 16.8 Å². The summed E-state index contributed by atoms with van der Waals surface area (Å²) in [6.07, 6.45) is 2.45. The van der Waals surface area contributed by atoms with Crippen LogP contribution in [0.25, 0.3) is 16.5 Å². The fraction of sp³-hybridized carbons (Fsp3) is 0.154. The Hall–Kier alpha value is -3.73. The number of halogens is 1. The van der Waals surface area contributed by atoms with Gasteiger partial charge in [0.1, 0.15) is 5.82 Å². The van der Waals surface area contributed by atoms with Crippen molar-refractivity contribution in [2.24, 2.45) is 5.73 Å². The summed E-state index contributed by atoms with van der Waals surface area (Å²) in [7, 11) is 0. The van der Waals surface area contributed by atoms with Gasteiger partial charge in [0.15, 0.2) is 0 Å². The van der Waals surface area contributed by atoms with Crippen LogP contribution in [0, 0.1) is 12.7 Å². The van der Waals surface area contributed by atoms with Gasteiger partial charge >= 0.3 is 0 Å². The van der Waals surface area contributed by atoms with Crippen LogP contribution >= 0.6 is 0 Å². The predicted molar refractivity (Wildman–Crippen MR) is 123 cm³/mol. The van der Waals surface area contributed by atoms with Gasteiger partial charge in [-0.05, 0) is 43.2 Å². The molecule has 31 heavy (non-hydrogen) atoms. The number of carbonyl (C=O) groups excluding carboxylic acids is 1. The van der Waals surface area contributed by atoms with Gasteiger partial charge in [0.25, 0.3) is 11.5 Å². The maximum absolute atomic E-state index is 13.5. The number of nitrogens with zero attached hydrogens (tertiary/aromatic N) is 1. The van der Waals surface area contributed by atoms with E-state index >= 15 is 0 Å². The number of amides is 1. The van der Waals surface area contributed by atoms with Crippen LogP contribution in [0.5, 0.6) is 0 Å². The number of pyridine rings is 1. The molecular weight excluding hydrogens is 391 g/mol. The van der Waals surface area contributed by atoms with E-state index in [9.17, 15) is 14.0 Å². The fourth-order valence-corrected chi connectivity index (χ4v) is 3.62. The molecule has 4 rings (SSSR count). The van der Waals surface area contributed by atoms with E-state index in [4.69, 9.17) is 5.73 Å². The molecule has 0 unspecified atom stereocenters. The third kappa shape index (κ3) is 4.89. The molecule has 0 aliphatic rings. The highest BCUT2D eigenvalue weighted by Crippen LogP contribution is 2.22. The number of benzene rings is 3. The molecule has 5 heteroatoms. The molecular formula is C26H25FN2O2. The zero-order chi connectivity index (χ0) is 22.4. The van der Waals surface area contributed by atoms with Crippen molar-refractivity contribution in [3.8, 4) is 5.69 Å². The normalized spacial score (nSPS) is 10.4. The molecule has 4 nitrogen and oxygen atoms in total. The smallest absolute Gasteiger partial charge is 0.263 e. The Morgan fingerprint density at radius 2 is 1.55 bits per heavy atom. The van der Waals surface area contributed by atoms with Crippen molar-refractivity contribution in [1.82, 2.24) is 4.57 Å². The van der Waals surface area contributed by atoms with Gasteiger partial charge in [-0.3, -0.25) is 14.2 Å². The highest BCUT2D eigenvalue weighted by Gasteiger charge is 2.18. The van der Waals surface area contributed by atoms with Crippen molar-refractivity contribution < 1.29 is 9.18 Å². The molecule has 0 bridgehead atoms. The van der Waals surface area contributed by atoms with Gasteiger partial charge in [-0.15, -0.1) is 0 Å². The molecule has 0 aliphatic heterocycles. The van der Waals surface area contributed by atoms with Gasteiger partial charge < -0.3 is 5.73 Å². The third-order valence-electron chi connectivity index (χ3n) is 5.02. The van der Waals surface area contributed by atoms with Gasteiger partial charge in [-0.1, -0.05) is 67.9 Å². The van der Waals surface area contributed by atoms with Crippen LogP contribution in [0.4, 0.5) is 4.39 Å². The van der Waals surface area contributed by atoms with Crippen LogP contribution in [-0.2, 0) is 6.42 Å². The minimum Gasteiger partial charge on any atom is -0.366 e. The first-order valence-corrected chi connectivity index (χ1v) is 10.2. The highest BCUT2D eigenvalue weighted by molar-refractivity contribution is 6.07. The number of primary amides is 1. The Labute approximate surface area is 180 Å². The second-order valence-corrected chi connectivity index (χ2v) is 7.23. The molecule has 2 N–H and O–H groups in total. The minimum atomic E-state index is -0.654. The van der Waals surface area contributed by atoms with Crippen molar-refractivity contribution in [2.45, 2.75) is 26.7 Å². The van der Waals surface area contributed by atoms with E-state index in [0.29, 0.717) is 16.8 Å². The van der Waals surface area contributed by atoms with E-state index in [2.05, 4.69) is 37.3 Å². The molecule has 0 radical (unpaired) electrons.